The molecule has 0 aliphatic rings. The minimum atomic E-state index is 0.173. The van der Waals surface area contributed by atoms with Crippen LogP contribution in [-0.4, -0.2) is 0 Å². The molecule has 1 nitrogen and oxygen atoms in total. The van der Waals surface area contributed by atoms with E-state index in [-0.39, 0.29) is 6.04 Å². The van der Waals surface area contributed by atoms with Gasteiger partial charge in [-0.25, -0.2) is 0 Å². The Balaban J connectivity index is 1.92. The third-order valence-electron chi connectivity index (χ3n) is 2.80. The maximum absolute atomic E-state index is 6.13. The standard InChI is InChI=1S/C14H17NS/c1-11-3-2-4-12(9-11)5-6-14(15)13-7-8-16-10-13/h2-4,7-10,14H,5-6,15H2,1H3. The van der Waals surface area contributed by atoms with Gasteiger partial charge in [-0.1, -0.05) is 29.8 Å². The Kier molecular flexibility index (Phi) is 3.75. The van der Waals surface area contributed by atoms with Crippen LogP contribution in [0.4, 0.5) is 0 Å². The van der Waals surface area contributed by atoms with E-state index in [0.29, 0.717) is 0 Å². The average Bonchev–Trinajstić information content (AvgIpc) is 2.79. The van der Waals surface area contributed by atoms with Gasteiger partial charge in [-0.2, -0.15) is 11.3 Å². The lowest BCUT2D eigenvalue weighted by Crippen LogP contribution is -2.10. The highest BCUT2D eigenvalue weighted by Crippen LogP contribution is 2.19. The second-order valence-corrected chi connectivity index (χ2v) is 4.97. The third kappa shape index (κ3) is 2.94. The van der Waals surface area contributed by atoms with Gasteiger partial charge in [-0.05, 0) is 47.7 Å². The second-order valence-electron chi connectivity index (χ2n) is 4.19. The topological polar surface area (TPSA) is 26.0 Å². The highest BCUT2D eigenvalue weighted by molar-refractivity contribution is 7.07. The Bertz CT molecular complexity index is 434. The first-order chi connectivity index (χ1) is 7.75. The summed E-state index contributed by atoms with van der Waals surface area (Å²) in [5.41, 5.74) is 10.1. The van der Waals surface area contributed by atoms with Gasteiger partial charge in [0.1, 0.15) is 0 Å². The van der Waals surface area contributed by atoms with Crippen LogP contribution in [0.25, 0.3) is 0 Å². The zero-order valence-corrected chi connectivity index (χ0v) is 10.3. The monoisotopic (exact) mass is 231 g/mol. The van der Waals surface area contributed by atoms with Crippen molar-refractivity contribution in [2.75, 3.05) is 0 Å². The van der Waals surface area contributed by atoms with E-state index in [1.807, 2.05) is 0 Å². The first kappa shape index (κ1) is 11.4. The smallest absolute Gasteiger partial charge is 0.0306 e. The molecular weight excluding hydrogens is 214 g/mol. The lowest BCUT2D eigenvalue weighted by Gasteiger charge is -2.10. The molecule has 1 aromatic heterocycles. The van der Waals surface area contributed by atoms with E-state index >= 15 is 0 Å². The van der Waals surface area contributed by atoms with E-state index < -0.39 is 0 Å². The van der Waals surface area contributed by atoms with E-state index in [4.69, 9.17) is 5.73 Å². The van der Waals surface area contributed by atoms with Crippen LogP contribution in [0.5, 0.6) is 0 Å². The van der Waals surface area contributed by atoms with Crippen LogP contribution < -0.4 is 5.73 Å². The van der Waals surface area contributed by atoms with Crippen molar-refractivity contribution >= 4 is 11.3 Å². The fraction of sp³-hybridized carbons (Fsp3) is 0.286. The lowest BCUT2D eigenvalue weighted by molar-refractivity contribution is 0.653. The van der Waals surface area contributed by atoms with Crippen LogP contribution in [-0.2, 0) is 6.42 Å². The Morgan fingerprint density at radius 3 is 2.88 bits per heavy atom. The SMILES string of the molecule is Cc1cccc(CCC(N)c2ccsc2)c1. The molecule has 0 bridgehead atoms. The molecule has 2 rings (SSSR count). The Morgan fingerprint density at radius 1 is 1.31 bits per heavy atom. The maximum atomic E-state index is 6.13. The zero-order valence-electron chi connectivity index (χ0n) is 9.52. The minimum absolute atomic E-state index is 0.173. The summed E-state index contributed by atoms with van der Waals surface area (Å²) in [7, 11) is 0. The van der Waals surface area contributed by atoms with E-state index in [0.717, 1.165) is 12.8 Å². The van der Waals surface area contributed by atoms with Crippen molar-refractivity contribution < 1.29 is 0 Å². The molecule has 0 saturated carbocycles. The van der Waals surface area contributed by atoms with Gasteiger partial charge in [-0.3, -0.25) is 0 Å². The summed E-state index contributed by atoms with van der Waals surface area (Å²) in [5, 5.41) is 4.22. The van der Waals surface area contributed by atoms with Crippen molar-refractivity contribution in [3.63, 3.8) is 0 Å². The molecule has 1 heterocycles. The van der Waals surface area contributed by atoms with Crippen molar-refractivity contribution in [2.24, 2.45) is 5.73 Å². The molecule has 16 heavy (non-hydrogen) atoms. The molecule has 2 heteroatoms. The molecule has 1 unspecified atom stereocenters. The molecule has 1 atom stereocenters. The third-order valence-corrected chi connectivity index (χ3v) is 3.50. The number of hydrogen-bond acceptors (Lipinski definition) is 2. The molecule has 1 aromatic carbocycles. The molecule has 0 aliphatic carbocycles. The van der Waals surface area contributed by atoms with Gasteiger partial charge in [-0.15, -0.1) is 0 Å². The summed E-state index contributed by atoms with van der Waals surface area (Å²) < 4.78 is 0. The zero-order chi connectivity index (χ0) is 11.4. The fourth-order valence-corrected chi connectivity index (χ4v) is 2.57. The molecule has 0 aliphatic heterocycles. The molecule has 0 fully saturated rings. The average molecular weight is 231 g/mol. The number of hydrogen-bond donors (Lipinski definition) is 1. The Hall–Kier alpha value is -1.12. The van der Waals surface area contributed by atoms with Crippen molar-refractivity contribution in [3.05, 3.63) is 57.8 Å². The van der Waals surface area contributed by atoms with E-state index in [9.17, 15) is 0 Å². The quantitative estimate of drug-likeness (QED) is 0.853. The number of rotatable bonds is 4. The van der Waals surface area contributed by atoms with Crippen molar-refractivity contribution in [3.8, 4) is 0 Å². The molecule has 84 valence electrons. The molecular formula is C14H17NS. The summed E-state index contributed by atoms with van der Waals surface area (Å²) in [5.74, 6) is 0. The lowest BCUT2D eigenvalue weighted by atomic mass is 10.0. The summed E-state index contributed by atoms with van der Waals surface area (Å²) >= 11 is 1.71. The van der Waals surface area contributed by atoms with Gasteiger partial charge in [0, 0.05) is 6.04 Å². The normalized spacial score (nSPS) is 12.6. The van der Waals surface area contributed by atoms with Crippen LogP contribution in [0.15, 0.2) is 41.1 Å². The molecule has 2 N–H and O–H groups in total. The Morgan fingerprint density at radius 2 is 2.19 bits per heavy atom. The first-order valence-electron chi connectivity index (χ1n) is 5.59. The van der Waals surface area contributed by atoms with Crippen LogP contribution in [0.2, 0.25) is 0 Å². The van der Waals surface area contributed by atoms with Crippen molar-refractivity contribution in [2.45, 2.75) is 25.8 Å². The molecule has 0 spiro atoms. The van der Waals surface area contributed by atoms with Crippen molar-refractivity contribution in [1.29, 1.82) is 0 Å². The van der Waals surface area contributed by atoms with Crippen molar-refractivity contribution in [1.82, 2.24) is 0 Å². The number of benzene rings is 1. The van der Waals surface area contributed by atoms with Crippen LogP contribution in [0.1, 0.15) is 29.2 Å². The number of aryl methyl sites for hydroxylation is 2. The molecule has 0 radical (unpaired) electrons. The highest BCUT2D eigenvalue weighted by Gasteiger charge is 2.06. The van der Waals surface area contributed by atoms with Crippen LogP contribution in [0.3, 0.4) is 0 Å². The van der Waals surface area contributed by atoms with Gasteiger partial charge in [0.2, 0.25) is 0 Å². The van der Waals surface area contributed by atoms with Gasteiger partial charge in [0.05, 0.1) is 0 Å². The van der Waals surface area contributed by atoms with E-state index in [1.54, 1.807) is 11.3 Å². The predicted molar refractivity (Wildman–Crippen MR) is 70.7 cm³/mol. The largest absolute Gasteiger partial charge is 0.324 e. The first-order valence-corrected chi connectivity index (χ1v) is 6.53. The minimum Gasteiger partial charge on any atom is -0.324 e. The molecule has 2 aromatic rings. The molecule has 0 saturated heterocycles. The van der Waals surface area contributed by atoms with Gasteiger partial charge in [0.25, 0.3) is 0 Å². The summed E-state index contributed by atoms with van der Waals surface area (Å²) in [6, 6.07) is 10.9. The van der Waals surface area contributed by atoms with E-state index in [2.05, 4.69) is 48.0 Å². The number of thiophene rings is 1. The van der Waals surface area contributed by atoms with Gasteiger partial charge < -0.3 is 5.73 Å². The number of nitrogens with two attached hydrogens (primary N) is 1. The maximum Gasteiger partial charge on any atom is 0.0306 e. The van der Waals surface area contributed by atoms with Gasteiger partial charge >= 0.3 is 0 Å². The highest BCUT2D eigenvalue weighted by atomic mass is 32.1. The van der Waals surface area contributed by atoms with Crippen LogP contribution in [0, 0.1) is 6.92 Å². The summed E-state index contributed by atoms with van der Waals surface area (Å²) in [6.07, 6.45) is 2.07. The van der Waals surface area contributed by atoms with Crippen LogP contribution >= 0.6 is 11.3 Å². The fourth-order valence-electron chi connectivity index (χ4n) is 1.84. The van der Waals surface area contributed by atoms with E-state index in [1.165, 1.54) is 16.7 Å². The van der Waals surface area contributed by atoms with Gasteiger partial charge in [0.15, 0.2) is 0 Å². The molecule has 0 amide bonds. The summed E-state index contributed by atoms with van der Waals surface area (Å²) in [6.45, 7) is 2.13. The second kappa shape index (κ2) is 5.28. The summed E-state index contributed by atoms with van der Waals surface area (Å²) in [4.78, 5) is 0. The Labute approximate surface area is 101 Å². The predicted octanol–water partition coefficient (Wildman–Crippen LogP) is 3.69.